The molecule has 2 rings (SSSR count). The van der Waals surface area contributed by atoms with Gasteiger partial charge in [0.1, 0.15) is 0 Å². The summed E-state index contributed by atoms with van der Waals surface area (Å²) in [6, 6.07) is 15.7. The van der Waals surface area contributed by atoms with Gasteiger partial charge in [0.25, 0.3) is 5.91 Å². The monoisotopic (exact) mass is 282 g/mol. The van der Waals surface area contributed by atoms with E-state index in [-0.39, 0.29) is 11.9 Å². The Morgan fingerprint density at radius 3 is 2.43 bits per heavy atom. The number of carbonyl (C=O) groups excluding carboxylic acids is 1. The number of para-hydroxylation sites is 1. The number of benzene rings is 2. The smallest absolute Gasteiger partial charge is 0.255 e. The summed E-state index contributed by atoms with van der Waals surface area (Å²) in [5, 5.41) is 6.38. The Bertz CT molecular complexity index is 605. The normalized spacial score (nSPS) is 12.0. The second-order valence-electron chi connectivity index (χ2n) is 5.19. The van der Waals surface area contributed by atoms with E-state index in [0.29, 0.717) is 5.56 Å². The Hall–Kier alpha value is -2.13. The Morgan fingerprint density at radius 1 is 1.10 bits per heavy atom. The average molecular weight is 282 g/mol. The Morgan fingerprint density at radius 2 is 1.76 bits per heavy atom. The summed E-state index contributed by atoms with van der Waals surface area (Å²) in [4.78, 5) is 12.3. The molecule has 0 radical (unpaired) electrons. The van der Waals surface area contributed by atoms with Crippen LogP contribution in [-0.4, -0.2) is 12.5 Å². The molecule has 3 heteroatoms. The van der Waals surface area contributed by atoms with Gasteiger partial charge in [-0.05, 0) is 44.2 Å². The van der Waals surface area contributed by atoms with Crippen molar-refractivity contribution < 1.29 is 4.79 Å². The fourth-order valence-electron chi connectivity index (χ4n) is 2.30. The fourth-order valence-corrected chi connectivity index (χ4v) is 2.30. The zero-order chi connectivity index (χ0) is 15.2. The van der Waals surface area contributed by atoms with E-state index in [0.717, 1.165) is 23.4 Å². The lowest BCUT2D eigenvalue weighted by Gasteiger charge is -2.17. The van der Waals surface area contributed by atoms with Crippen LogP contribution in [0.5, 0.6) is 0 Å². The van der Waals surface area contributed by atoms with Gasteiger partial charge >= 0.3 is 0 Å². The quantitative estimate of drug-likeness (QED) is 0.872. The second kappa shape index (κ2) is 7.04. The van der Waals surface area contributed by atoms with Gasteiger partial charge in [-0.1, -0.05) is 42.8 Å². The lowest BCUT2D eigenvalue weighted by molar-refractivity contribution is 0.102. The molecule has 2 N–H and O–H groups in total. The predicted octanol–water partition coefficient (Wildman–Crippen LogP) is 3.92. The van der Waals surface area contributed by atoms with Crippen LogP contribution in [0.1, 0.15) is 41.4 Å². The lowest BCUT2D eigenvalue weighted by atomic mass is 10.1. The molecular weight excluding hydrogens is 260 g/mol. The molecule has 0 spiro atoms. The molecule has 0 aliphatic heterocycles. The van der Waals surface area contributed by atoms with Crippen LogP contribution in [0.4, 0.5) is 5.69 Å². The highest BCUT2D eigenvalue weighted by atomic mass is 16.1. The van der Waals surface area contributed by atoms with Crippen molar-refractivity contribution in [3.8, 4) is 0 Å². The molecule has 0 aliphatic rings. The molecule has 0 heterocycles. The Kier molecular flexibility index (Phi) is 5.12. The van der Waals surface area contributed by atoms with Crippen molar-refractivity contribution in [1.82, 2.24) is 5.32 Å². The van der Waals surface area contributed by atoms with Gasteiger partial charge in [0, 0.05) is 17.3 Å². The molecule has 0 bridgehead atoms. The van der Waals surface area contributed by atoms with Gasteiger partial charge in [0.15, 0.2) is 0 Å². The summed E-state index contributed by atoms with van der Waals surface area (Å²) >= 11 is 0. The van der Waals surface area contributed by atoms with Gasteiger partial charge in [0.2, 0.25) is 0 Å². The number of nitrogens with one attached hydrogen (secondary N) is 2. The summed E-state index contributed by atoms with van der Waals surface area (Å²) in [5.74, 6) is -0.0776. The molecule has 0 aromatic heterocycles. The Labute approximate surface area is 126 Å². The molecule has 1 atom stereocenters. The molecule has 1 unspecified atom stereocenters. The highest BCUT2D eigenvalue weighted by Crippen LogP contribution is 2.23. The van der Waals surface area contributed by atoms with E-state index in [2.05, 4.69) is 24.5 Å². The van der Waals surface area contributed by atoms with Crippen LogP contribution in [0.2, 0.25) is 0 Å². The van der Waals surface area contributed by atoms with Crippen molar-refractivity contribution in [2.75, 3.05) is 11.9 Å². The zero-order valence-corrected chi connectivity index (χ0v) is 12.8. The maximum absolute atomic E-state index is 12.3. The SMILES string of the molecule is CCNC(C)c1ccccc1NC(=O)c1ccc(C)cc1. The number of carbonyl (C=O) groups is 1. The van der Waals surface area contributed by atoms with Crippen molar-refractivity contribution in [2.45, 2.75) is 26.8 Å². The van der Waals surface area contributed by atoms with E-state index in [1.54, 1.807) is 0 Å². The van der Waals surface area contributed by atoms with Crippen LogP contribution in [0.3, 0.4) is 0 Å². The van der Waals surface area contributed by atoms with Crippen molar-refractivity contribution in [3.05, 3.63) is 65.2 Å². The van der Waals surface area contributed by atoms with E-state index in [1.165, 1.54) is 0 Å². The zero-order valence-electron chi connectivity index (χ0n) is 12.8. The summed E-state index contributed by atoms with van der Waals surface area (Å²) in [6.07, 6.45) is 0. The van der Waals surface area contributed by atoms with Crippen LogP contribution in [-0.2, 0) is 0 Å². The standard InChI is InChI=1S/C18H22N2O/c1-4-19-14(3)16-7-5-6-8-17(16)20-18(21)15-11-9-13(2)10-12-15/h5-12,14,19H,4H2,1-3H3,(H,20,21). The lowest BCUT2D eigenvalue weighted by Crippen LogP contribution is -2.20. The topological polar surface area (TPSA) is 41.1 Å². The van der Waals surface area contributed by atoms with Crippen LogP contribution >= 0.6 is 0 Å². The number of hydrogen-bond donors (Lipinski definition) is 2. The minimum absolute atomic E-state index is 0.0776. The third kappa shape index (κ3) is 3.92. The summed E-state index contributed by atoms with van der Waals surface area (Å²) in [6.45, 7) is 7.07. The fraction of sp³-hybridized carbons (Fsp3) is 0.278. The summed E-state index contributed by atoms with van der Waals surface area (Å²) in [5.41, 5.74) is 3.77. The van der Waals surface area contributed by atoms with Gasteiger partial charge < -0.3 is 10.6 Å². The van der Waals surface area contributed by atoms with Crippen molar-refractivity contribution in [2.24, 2.45) is 0 Å². The number of anilines is 1. The van der Waals surface area contributed by atoms with Crippen molar-refractivity contribution >= 4 is 11.6 Å². The molecule has 110 valence electrons. The number of hydrogen-bond acceptors (Lipinski definition) is 2. The molecule has 0 aliphatic carbocycles. The van der Waals surface area contributed by atoms with E-state index in [9.17, 15) is 4.79 Å². The highest BCUT2D eigenvalue weighted by Gasteiger charge is 2.12. The molecule has 1 amide bonds. The second-order valence-corrected chi connectivity index (χ2v) is 5.19. The maximum atomic E-state index is 12.3. The third-order valence-electron chi connectivity index (χ3n) is 3.50. The maximum Gasteiger partial charge on any atom is 0.255 e. The van der Waals surface area contributed by atoms with Crippen LogP contribution in [0.25, 0.3) is 0 Å². The average Bonchev–Trinajstić information content (AvgIpc) is 2.48. The first-order valence-corrected chi connectivity index (χ1v) is 7.32. The van der Waals surface area contributed by atoms with Gasteiger partial charge in [-0.2, -0.15) is 0 Å². The molecule has 2 aromatic rings. The van der Waals surface area contributed by atoms with Crippen LogP contribution < -0.4 is 10.6 Å². The van der Waals surface area contributed by atoms with Gasteiger partial charge in [0.05, 0.1) is 0 Å². The van der Waals surface area contributed by atoms with Crippen LogP contribution in [0.15, 0.2) is 48.5 Å². The third-order valence-corrected chi connectivity index (χ3v) is 3.50. The van der Waals surface area contributed by atoms with Crippen molar-refractivity contribution in [1.29, 1.82) is 0 Å². The van der Waals surface area contributed by atoms with Gasteiger partial charge in [-0.3, -0.25) is 4.79 Å². The predicted molar refractivity (Wildman–Crippen MR) is 87.7 cm³/mol. The molecule has 21 heavy (non-hydrogen) atoms. The largest absolute Gasteiger partial charge is 0.322 e. The van der Waals surface area contributed by atoms with E-state index >= 15 is 0 Å². The summed E-state index contributed by atoms with van der Waals surface area (Å²) < 4.78 is 0. The first-order chi connectivity index (χ1) is 10.1. The molecule has 0 saturated carbocycles. The summed E-state index contributed by atoms with van der Waals surface area (Å²) in [7, 11) is 0. The minimum atomic E-state index is -0.0776. The first kappa shape index (κ1) is 15.3. The van der Waals surface area contributed by atoms with E-state index < -0.39 is 0 Å². The molecule has 0 saturated heterocycles. The van der Waals surface area contributed by atoms with Crippen LogP contribution in [0, 0.1) is 6.92 Å². The molecule has 2 aromatic carbocycles. The molecule has 0 fully saturated rings. The van der Waals surface area contributed by atoms with E-state index in [4.69, 9.17) is 0 Å². The minimum Gasteiger partial charge on any atom is -0.322 e. The molecular formula is C18H22N2O. The number of amides is 1. The van der Waals surface area contributed by atoms with Gasteiger partial charge in [-0.15, -0.1) is 0 Å². The van der Waals surface area contributed by atoms with Crippen molar-refractivity contribution in [3.63, 3.8) is 0 Å². The van der Waals surface area contributed by atoms with E-state index in [1.807, 2.05) is 55.5 Å². The number of rotatable bonds is 5. The molecule has 3 nitrogen and oxygen atoms in total. The Balaban J connectivity index is 2.19. The first-order valence-electron chi connectivity index (χ1n) is 7.32. The number of aryl methyl sites for hydroxylation is 1. The highest BCUT2D eigenvalue weighted by molar-refractivity contribution is 6.04. The van der Waals surface area contributed by atoms with Gasteiger partial charge in [-0.25, -0.2) is 0 Å².